The Morgan fingerprint density at radius 3 is 2.67 bits per heavy atom. The molecule has 2 saturated heterocycles. The molecule has 2 aliphatic rings. The minimum atomic E-state index is 0.283. The molecule has 11 heteroatoms. The number of likely N-dealkylation sites (tertiary alicyclic amines) is 1. The van der Waals surface area contributed by atoms with Crippen molar-refractivity contribution in [2.24, 2.45) is 0 Å². The van der Waals surface area contributed by atoms with Gasteiger partial charge in [0.1, 0.15) is 0 Å². The Balaban J connectivity index is 1.16. The number of ether oxygens (including phenoxy) is 1. The van der Waals surface area contributed by atoms with Crippen LogP contribution >= 0.6 is 11.6 Å². The van der Waals surface area contributed by atoms with Gasteiger partial charge in [0.25, 0.3) is 0 Å². The van der Waals surface area contributed by atoms with Crippen LogP contribution in [0.25, 0.3) is 6.08 Å². The molecular formula is C25H31ClN8O2. The van der Waals surface area contributed by atoms with Crippen LogP contribution in [0.1, 0.15) is 47.5 Å². The van der Waals surface area contributed by atoms with Crippen LogP contribution in [0.5, 0.6) is 0 Å². The Bertz CT molecular complexity index is 1210. The molecule has 1 aromatic carbocycles. The SMILES string of the molecule is C=C(/C=C/c1ccc(Cl)cc1Cn1nnc(C)n1)N1CCC(c2nnc(CN3CCOCC3)o2)CC1. The first-order valence-corrected chi connectivity index (χ1v) is 12.7. The highest BCUT2D eigenvalue weighted by atomic mass is 35.5. The van der Waals surface area contributed by atoms with Crippen LogP contribution in [-0.4, -0.2) is 79.6 Å². The molecule has 36 heavy (non-hydrogen) atoms. The third kappa shape index (κ3) is 6.18. The quantitative estimate of drug-likeness (QED) is 0.422. The highest BCUT2D eigenvalue weighted by Gasteiger charge is 2.25. The van der Waals surface area contributed by atoms with Gasteiger partial charge in [-0.05, 0) is 54.3 Å². The molecule has 0 radical (unpaired) electrons. The molecule has 0 bridgehead atoms. The molecule has 0 unspecified atom stereocenters. The van der Waals surface area contributed by atoms with E-state index in [2.05, 4.69) is 54.1 Å². The van der Waals surface area contributed by atoms with Crippen molar-refractivity contribution in [2.75, 3.05) is 39.4 Å². The molecule has 3 aromatic rings. The topological polar surface area (TPSA) is 98.2 Å². The molecule has 0 amide bonds. The van der Waals surface area contributed by atoms with E-state index >= 15 is 0 Å². The van der Waals surface area contributed by atoms with E-state index in [1.54, 1.807) is 4.80 Å². The highest BCUT2D eigenvalue weighted by Crippen LogP contribution is 2.29. The number of allylic oxidation sites excluding steroid dienone is 1. The summed E-state index contributed by atoms with van der Waals surface area (Å²) in [5, 5.41) is 21.6. The minimum absolute atomic E-state index is 0.283. The van der Waals surface area contributed by atoms with Crippen molar-refractivity contribution in [3.05, 3.63) is 70.3 Å². The Hall–Kier alpha value is -3.08. The Morgan fingerprint density at radius 1 is 1.11 bits per heavy atom. The number of tetrazole rings is 1. The summed E-state index contributed by atoms with van der Waals surface area (Å²) in [6.07, 6.45) is 6.03. The molecule has 0 atom stereocenters. The monoisotopic (exact) mass is 510 g/mol. The Kier molecular flexibility index (Phi) is 7.74. The third-order valence-corrected chi connectivity index (χ3v) is 6.86. The summed E-state index contributed by atoms with van der Waals surface area (Å²) in [4.78, 5) is 6.16. The van der Waals surface area contributed by atoms with Gasteiger partial charge in [0.15, 0.2) is 5.82 Å². The van der Waals surface area contributed by atoms with Gasteiger partial charge >= 0.3 is 0 Å². The van der Waals surface area contributed by atoms with Crippen molar-refractivity contribution in [1.82, 2.24) is 40.2 Å². The fourth-order valence-electron chi connectivity index (χ4n) is 4.57. The molecule has 0 saturated carbocycles. The molecule has 0 spiro atoms. The second-order valence-corrected chi connectivity index (χ2v) is 9.66. The van der Waals surface area contributed by atoms with Gasteiger partial charge in [0.05, 0.1) is 26.3 Å². The van der Waals surface area contributed by atoms with E-state index in [1.807, 2.05) is 25.1 Å². The fraction of sp³-hybridized carbons (Fsp3) is 0.480. The van der Waals surface area contributed by atoms with Crippen molar-refractivity contribution < 1.29 is 9.15 Å². The maximum absolute atomic E-state index is 6.25. The van der Waals surface area contributed by atoms with Gasteiger partial charge in [0, 0.05) is 42.8 Å². The van der Waals surface area contributed by atoms with E-state index in [-0.39, 0.29) is 5.92 Å². The molecular weight excluding hydrogens is 480 g/mol. The van der Waals surface area contributed by atoms with E-state index in [1.165, 1.54) is 0 Å². The van der Waals surface area contributed by atoms with Gasteiger partial charge in [0.2, 0.25) is 11.8 Å². The van der Waals surface area contributed by atoms with E-state index < -0.39 is 0 Å². The van der Waals surface area contributed by atoms with Gasteiger partial charge in [-0.3, -0.25) is 4.90 Å². The van der Waals surface area contributed by atoms with Crippen LogP contribution in [0, 0.1) is 6.92 Å². The highest BCUT2D eigenvalue weighted by molar-refractivity contribution is 6.30. The molecule has 2 fully saturated rings. The number of nitrogens with zero attached hydrogens (tertiary/aromatic N) is 8. The summed E-state index contributed by atoms with van der Waals surface area (Å²) in [6, 6.07) is 5.82. The number of piperidine rings is 1. The van der Waals surface area contributed by atoms with Crippen LogP contribution in [0.4, 0.5) is 0 Å². The largest absolute Gasteiger partial charge is 0.424 e. The van der Waals surface area contributed by atoms with Crippen molar-refractivity contribution in [1.29, 1.82) is 0 Å². The lowest BCUT2D eigenvalue weighted by Crippen LogP contribution is -2.35. The molecule has 190 valence electrons. The zero-order valence-electron chi connectivity index (χ0n) is 20.5. The second-order valence-electron chi connectivity index (χ2n) is 9.22. The van der Waals surface area contributed by atoms with Gasteiger partial charge in [-0.25, -0.2) is 0 Å². The smallest absolute Gasteiger partial charge is 0.230 e. The molecule has 0 N–H and O–H groups in total. The summed E-state index contributed by atoms with van der Waals surface area (Å²) in [7, 11) is 0. The van der Waals surface area contributed by atoms with Gasteiger partial charge in [-0.15, -0.1) is 20.4 Å². The average Bonchev–Trinajstić information content (AvgIpc) is 3.53. The zero-order chi connectivity index (χ0) is 24.9. The predicted molar refractivity (Wildman–Crippen MR) is 135 cm³/mol. The van der Waals surface area contributed by atoms with Gasteiger partial charge in [-0.1, -0.05) is 30.3 Å². The van der Waals surface area contributed by atoms with Crippen LogP contribution in [-0.2, 0) is 17.8 Å². The van der Waals surface area contributed by atoms with E-state index in [0.29, 0.717) is 29.8 Å². The number of hydrogen-bond acceptors (Lipinski definition) is 9. The van der Waals surface area contributed by atoms with Crippen molar-refractivity contribution in [2.45, 2.75) is 38.8 Å². The number of hydrogen-bond donors (Lipinski definition) is 0. The van der Waals surface area contributed by atoms with Crippen LogP contribution in [0.2, 0.25) is 5.02 Å². The lowest BCUT2D eigenvalue weighted by molar-refractivity contribution is 0.0303. The van der Waals surface area contributed by atoms with Gasteiger partial charge < -0.3 is 14.1 Å². The van der Waals surface area contributed by atoms with Crippen molar-refractivity contribution in [3.63, 3.8) is 0 Å². The number of halogens is 1. The maximum atomic E-state index is 6.25. The summed E-state index contributed by atoms with van der Waals surface area (Å²) < 4.78 is 11.4. The normalized spacial score (nSPS) is 17.8. The predicted octanol–water partition coefficient (Wildman–Crippen LogP) is 3.30. The lowest BCUT2D eigenvalue weighted by Gasteiger charge is -2.32. The Labute approximate surface area is 215 Å². The first kappa shape index (κ1) is 24.6. The summed E-state index contributed by atoms with van der Waals surface area (Å²) >= 11 is 6.25. The van der Waals surface area contributed by atoms with Crippen LogP contribution in [0.3, 0.4) is 0 Å². The number of morpholine rings is 1. The molecule has 0 aliphatic carbocycles. The van der Waals surface area contributed by atoms with E-state index in [4.69, 9.17) is 20.8 Å². The average molecular weight is 511 g/mol. The van der Waals surface area contributed by atoms with E-state index in [0.717, 1.165) is 74.9 Å². The zero-order valence-corrected chi connectivity index (χ0v) is 21.3. The number of aryl methyl sites for hydroxylation is 1. The first-order chi connectivity index (χ1) is 17.5. The summed E-state index contributed by atoms with van der Waals surface area (Å²) in [6.45, 7) is 12.4. The standard InChI is InChI=1S/C25H31ClN8O2/c1-18(3-4-20-5-6-23(26)15-22(20)16-34-30-19(2)27-31-34)33-9-7-21(8-10-33)25-29-28-24(36-25)17-32-11-13-35-14-12-32/h3-6,15,21H,1,7-14,16-17H2,2H3/b4-3+. The number of benzene rings is 1. The number of rotatable bonds is 8. The second kappa shape index (κ2) is 11.3. The lowest BCUT2D eigenvalue weighted by atomic mass is 9.96. The summed E-state index contributed by atoms with van der Waals surface area (Å²) in [5.74, 6) is 2.36. The van der Waals surface area contributed by atoms with Crippen molar-refractivity contribution in [3.8, 4) is 0 Å². The molecule has 2 aliphatic heterocycles. The first-order valence-electron chi connectivity index (χ1n) is 12.3. The number of aromatic nitrogens is 6. The Morgan fingerprint density at radius 2 is 1.92 bits per heavy atom. The maximum Gasteiger partial charge on any atom is 0.230 e. The van der Waals surface area contributed by atoms with E-state index in [9.17, 15) is 0 Å². The molecule has 10 nitrogen and oxygen atoms in total. The van der Waals surface area contributed by atoms with Crippen LogP contribution in [0.15, 0.2) is 41.0 Å². The molecule has 5 rings (SSSR count). The molecule has 2 aromatic heterocycles. The van der Waals surface area contributed by atoms with Gasteiger partial charge in [-0.2, -0.15) is 4.80 Å². The van der Waals surface area contributed by atoms with Crippen LogP contribution < -0.4 is 0 Å². The molecule has 4 heterocycles. The summed E-state index contributed by atoms with van der Waals surface area (Å²) in [5.41, 5.74) is 3.04. The minimum Gasteiger partial charge on any atom is -0.424 e. The van der Waals surface area contributed by atoms with Crippen molar-refractivity contribution >= 4 is 17.7 Å². The third-order valence-electron chi connectivity index (χ3n) is 6.62. The fourth-order valence-corrected chi connectivity index (χ4v) is 4.76.